The number of ether oxygens (including phenoxy) is 1. The fourth-order valence-corrected chi connectivity index (χ4v) is 3.20. The Labute approximate surface area is 153 Å². The molecule has 0 radical (unpaired) electrons. The van der Waals surface area contributed by atoms with Crippen LogP contribution < -0.4 is 14.4 Å². The fraction of sp³-hybridized carbons (Fsp3) is 0.222. The van der Waals surface area contributed by atoms with Crippen LogP contribution in [0.3, 0.4) is 0 Å². The van der Waals surface area contributed by atoms with Gasteiger partial charge in [-0.1, -0.05) is 0 Å². The molecule has 0 bridgehead atoms. The summed E-state index contributed by atoms with van der Waals surface area (Å²) in [6.07, 6.45) is 2.91. The lowest BCUT2D eigenvalue weighted by Gasteiger charge is -2.28. The highest BCUT2D eigenvalue weighted by atomic mass is 19.1. The van der Waals surface area contributed by atoms with E-state index in [1.807, 2.05) is 0 Å². The van der Waals surface area contributed by atoms with Crippen molar-refractivity contribution in [3.05, 3.63) is 58.6 Å². The smallest absolute Gasteiger partial charge is 0.369 e. The van der Waals surface area contributed by atoms with Crippen LogP contribution in [0.2, 0.25) is 0 Å². The Bertz CT molecular complexity index is 1060. The van der Waals surface area contributed by atoms with Crippen LogP contribution >= 0.6 is 0 Å². The van der Waals surface area contributed by atoms with Crippen molar-refractivity contribution in [1.82, 2.24) is 4.98 Å². The number of nitriles is 1. The zero-order valence-corrected chi connectivity index (χ0v) is 14.1. The Morgan fingerprint density at radius 1 is 1.19 bits per heavy atom. The molecular weight excluding hydrogens is 353 g/mol. The number of nitrogens with zero attached hydrogens (tertiary/aromatic N) is 5. The maximum Gasteiger partial charge on any atom is 0.369 e. The molecule has 0 amide bonds. The molecular formula is C18H14FN5O3. The van der Waals surface area contributed by atoms with Crippen LogP contribution in [-0.2, 0) is 4.74 Å². The minimum atomic E-state index is -0.632. The van der Waals surface area contributed by atoms with Crippen molar-refractivity contribution in [3.8, 4) is 17.3 Å². The van der Waals surface area contributed by atoms with E-state index >= 15 is 0 Å². The number of rotatable bonds is 2. The van der Waals surface area contributed by atoms with Gasteiger partial charge in [0.1, 0.15) is 0 Å². The molecule has 0 aliphatic carbocycles. The highest BCUT2D eigenvalue weighted by Crippen LogP contribution is 2.26. The van der Waals surface area contributed by atoms with Crippen molar-refractivity contribution < 1.29 is 18.6 Å². The predicted molar refractivity (Wildman–Crippen MR) is 92.8 cm³/mol. The third kappa shape index (κ3) is 2.76. The first-order valence-electron chi connectivity index (χ1n) is 8.27. The summed E-state index contributed by atoms with van der Waals surface area (Å²) in [5.74, 6) is -0.632. The molecule has 2 aromatic heterocycles. The molecule has 1 saturated heterocycles. The molecule has 8 nitrogen and oxygen atoms in total. The van der Waals surface area contributed by atoms with Crippen LogP contribution in [0.15, 0.2) is 36.7 Å². The standard InChI is InChI=1S/C18H14FN5O3/c19-13-8-15-16(9-14(13)22-4-6-27-7-5-22)24(26)18(17(10-20)23(15)25)12-2-1-3-21-11-12/h1-3,8-9,11H,4-7H2. The number of aromatic nitrogens is 3. The van der Waals surface area contributed by atoms with Crippen molar-refractivity contribution >= 4 is 16.7 Å². The van der Waals surface area contributed by atoms with Crippen LogP contribution in [-0.4, -0.2) is 31.3 Å². The van der Waals surface area contributed by atoms with Gasteiger partial charge in [0.15, 0.2) is 11.9 Å². The van der Waals surface area contributed by atoms with Crippen molar-refractivity contribution in [2.45, 2.75) is 0 Å². The molecule has 1 aliphatic heterocycles. The molecule has 3 heterocycles. The number of hydrogen-bond acceptors (Lipinski definition) is 6. The van der Waals surface area contributed by atoms with E-state index in [2.05, 4.69) is 4.98 Å². The average molecular weight is 367 g/mol. The van der Waals surface area contributed by atoms with Crippen molar-refractivity contribution in [3.63, 3.8) is 0 Å². The van der Waals surface area contributed by atoms with Gasteiger partial charge in [0.2, 0.25) is 0 Å². The minimum Gasteiger partial charge on any atom is -0.617 e. The molecule has 136 valence electrons. The number of fused-ring (bicyclic) bond motifs is 1. The van der Waals surface area contributed by atoms with Crippen LogP contribution in [0.4, 0.5) is 10.1 Å². The Morgan fingerprint density at radius 3 is 2.59 bits per heavy atom. The van der Waals surface area contributed by atoms with Crippen molar-refractivity contribution in [2.24, 2.45) is 0 Å². The zero-order chi connectivity index (χ0) is 19.0. The minimum absolute atomic E-state index is 0.0225. The van der Waals surface area contributed by atoms with Gasteiger partial charge >= 0.3 is 11.4 Å². The Kier molecular flexibility index (Phi) is 4.18. The van der Waals surface area contributed by atoms with E-state index in [0.717, 1.165) is 6.07 Å². The van der Waals surface area contributed by atoms with E-state index in [4.69, 9.17) is 4.74 Å². The van der Waals surface area contributed by atoms with Gasteiger partial charge in [0.05, 0.1) is 30.5 Å². The second-order valence-corrected chi connectivity index (χ2v) is 6.03. The number of benzene rings is 1. The van der Waals surface area contributed by atoms with Crippen LogP contribution in [0.5, 0.6) is 0 Å². The summed E-state index contributed by atoms with van der Waals surface area (Å²) < 4.78 is 20.7. The lowest BCUT2D eigenvalue weighted by molar-refractivity contribution is -0.622. The lowest BCUT2D eigenvalue weighted by atomic mass is 10.1. The summed E-state index contributed by atoms with van der Waals surface area (Å²) in [5, 5.41) is 35.1. The summed E-state index contributed by atoms with van der Waals surface area (Å²) in [6.45, 7) is 1.85. The largest absolute Gasteiger partial charge is 0.617 e. The molecule has 9 heteroatoms. The van der Waals surface area contributed by atoms with Gasteiger partial charge in [-0.3, -0.25) is 4.98 Å². The van der Waals surface area contributed by atoms with E-state index in [0.29, 0.717) is 36.6 Å². The maximum absolute atomic E-state index is 14.6. The van der Waals surface area contributed by atoms with Gasteiger partial charge in [0, 0.05) is 31.5 Å². The third-order valence-electron chi connectivity index (χ3n) is 4.50. The first-order chi connectivity index (χ1) is 13.1. The Morgan fingerprint density at radius 2 is 1.93 bits per heavy atom. The SMILES string of the molecule is N#Cc1c(-c2cccnc2)[n+]([O-])c2cc(N3CCOCC3)c(F)cc2[n+]1[O-]. The lowest BCUT2D eigenvalue weighted by Crippen LogP contribution is -2.44. The number of halogens is 1. The second-order valence-electron chi connectivity index (χ2n) is 6.03. The fourth-order valence-electron chi connectivity index (χ4n) is 3.20. The molecule has 1 aromatic carbocycles. The first-order valence-corrected chi connectivity index (χ1v) is 8.27. The van der Waals surface area contributed by atoms with Gasteiger partial charge < -0.3 is 20.1 Å². The molecule has 1 aliphatic rings. The highest BCUT2D eigenvalue weighted by molar-refractivity contribution is 5.76. The number of morpholine rings is 1. The topological polar surface area (TPSA) is 103 Å². The molecule has 0 unspecified atom stereocenters. The van der Waals surface area contributed by atoms with E-state index in [1.54, 1.807) is 23.1 Å². The van der Waals surface area contributed by atoms with Crippen LogP contribution in [0.1, 0.15) is 5.69 Å². The van der Waals surface area contributed by atoms with E-state index in [9.17, 15) is 20.1 Å². The van der Waals surface area contributed by atoms with Gasteiger partial charge in [-0.05, 0) is 12.1 Å². The number of anilines is 1. The normalized spacial score (nSPS) is 14.3. The van der Waals surface area contributed by atoms with Crippen LogP contribution in [0, 0.1) is 27.6 Å². The quantitative estimate of drug-likeness (QED) is 0.495. The van der Waals surface area contributed by atoms with E-state index < -0.39 is 11.5 Å². The Hall–Kier alpha value is -3.51. The molecule has 0 N–H and O–H groups in total. The maximum atomic E-state index is 14.6. The molecule has 1 fully saturated rings. The van der Waals surface area contributed by atoms with Crippen molar-refractivity contribution in [2.75, 3.05) is 31.2 Å². The molecule has 4 rings (SSSR count). The zero-order valence-electron chi connectivity index (χ0n) is 14.1. The average Bonchev–Trinajstić information content (AvgIpc) is 2.71. The summed E-state index contributed by atoms with van der Waals surface area (Å²) in [6, 6.07) is 7.26. The first kappa shape index (κ1) is 16.9. The second kappa shape index (κ2) is 6.66. The summed E-state index contributed by atoms with van der Waals surface area (Å²) >= 11 is 0. The van der Waals surface area contributed by atoms with Gasteiger partial charge in [-0.25, -0.2) is 4.39 Å². The summed E-state index contributed by atoms with van der Waals surface area (Å²) in [4.78, 5) is 5.70. The number of hydrogen-bond donors (Lipinski definition) is 0. The number of pyridine rings is 1. The Balaban J connectivity index is 2.01. The molecule has 0 saturated carbocycles. The molecule has 27 heavy (non-hydrogen) atoms. The predicted octanol–water partition coefficient (Wildman–Crippen LogP) is 1.02. The summed E-state index contributed by atoms with van der Waals surface area (Å²) in [5.41, 5.74) is -0.212. The monoisotopic (exact) mass is 367 g/mol. The van der Waals surface area contributed by atoms with Crippen LogP contribution in [0.25, 0.3) is 22.3 Å². The third-order valence-corrected chi connectivity index (χ3v) is 4.50. The van der Waals surface area contributed by atoms with E-state index in [1.165, 1.54) is 18.5 Å². The van der Waals surface area contributed by atoms with Gasteiger partial charge in [-0.2, -0.15) is 9.99 Å². The van der Waals surface area contributed by atoms with Crippen molar-refractivity contribution in [1.29, 1.82) is 5.26 Å². The van der Waals surface area contributed by atoms with Gasteiger partial charge in [-0.15, -0.1) is 4.73 Å². The molecule has 0 atom stereocenters. The van der Waals surface area contributed by atoms with Gasteiger partial charge in [0.25, 0.3) is 11.0 Å². The molecule has 3 aromatic rings. The molecule has 0 spiro atoms. The van der Waals surface area contributed by atoms with E-state index in [-0.39, 0.29) is 27.1 Å². The highest BCUT2D eigenvalue weighted by Gasteiger charge is 2.31. The summed E-state index contributed by atoms with van der Waals surface area (Å²) in [7, 11) is 0.